The number of hydrogen-bond acceptors (Lipinski definition) is 1. The molecule has 16 heavy (non-hydrogen) atoms. The van der Waals surface area contributed by atoms with Crippen LogP contribution in [0.25, 0.3) is 0 Å². The van der Waals surface area contributed by atoms with Gasteiger partial charge >= 0.3 is 0 Å². The van der Waals surface area contributed by atoms with E-state index in [1.165, 1.54) is 37.7 Å². The molecule has 1 aromatic carbocycles. The topological polar surface area (TPSA) is 20.2 Å². The average molecular weight is 218 g/mol. The SMILES string of the molecule is Cc1ccccc1C(O)CCC1CCCC1. The lowest BCUT2D eigenvalue weighted by molar-refractivity contribution is 0.156. The van der Waals surface area contributed by atoms with Gasteiger partial charge in [-0.2, -0.15) is 0 Å². The van der Waals surface area contributed by atoms with Gasteiger partial charge in [0.15, 0.2) is 0 Å². The second kappa shape index (κ2) is 5.49. The Morgan fingerprint density at radius 3 is 2.62 bits per heavy atom. The van der Waals surface area contributed by atoms with Gasteiger partial charge in [0.1, 0.15) is 0 Å². The highest BCUT2D eigenvalue weighted by atomic mass is 16.3. The number of benzene rings is 1. The molecule has 1 aliphatic carbocycles. The Morgan fingerprint density at radius 1 is 1.25 bits per heavy atom. The van der Waals surface area contributed by atoms with Gasteiger partial charge < -0.3 is 5.11 Å². The number of aryl methyl sites for hydroxylation is 1. The van der Waals surface area contributed by atoms with Crippen LogP contribution in [0, 0.1) is 12.8 Å². The minimum Gasteiger partial charge on any atom is -0.388 e. The first-order chi connectivity index (χ1) is 7.77. The van der Waals surface area contributed by atoms with Gasteiger partial charge in [-0.05, 0) is 36.8 Å². The molecule has 88 valence electrons. The molecule has 1 nitrogen and oxygen atoms in total. The van der Waals surface area contributed by atoms with Crippen LogP contribution in [0.4, 0.5) is 0 Å². The quantitative estimate of drug-likeness (QED) is 0.810. The van der Waals surface area contributed by atoms with Gasteiger partial charge in [-0.1, -0.05) is 49.9 Å². The summed E-state index contributed by atoms with van der Waals surface area (Å²) in [5, 5.41) is 10.2. The number of aliphatic hydroxyl groups is 1. The third kappa shape index (κ3) is 2.85. The van der Waals surface area contributed by atoms with Crippen molar-refractivity contribution in [1.82, 2.24) is 0 Å². The molecule has 1 atom stereocenters. The second-order valence-electron chi connectivity index (χ2n) is 5.10. The summed E-state index contributed by atoms with van der Waals surface area (Å²) in [5.41, 5.74) is 2.32. The third-order valence-electron chi connectivity index (χ3n) is 3.87. The molecule has 2 rings (SSSR count). The minimum atomic E-state index is -0.262. The molecule has 0 saturated heterocycles. The Balaban J connectivity index is 1.87. The maximum atomic E-state index is 10.2. The van der Waals surface area contributed by atoms with Crippen LogP contribution >= 0.6 is 0 Å². The molecule has 0 aromatic heterocycles. The largest absolute Gasteiger partial charge is 0.388 e. The van der Waals surface area contributed by atoms with Crippen molar-refractivity contribution in [3.8, 4) is 0 Å². The highest BCUT2D eigenvalue weighted by Crippen LogP contribution is 2.31. The Labute approximate surface area is 98.5 Å². The van der Waals surface area contributed by atoms with Crippen molar-refractivity contribution in [3.05, 3.63) is 35.4 Å². The summed E-state index contributed by atoms with van der Waals surface area (Å²) in [4.78, 5) is 0. The van der Waals surface area contributed by atoms with Crippen molar-refractivity contribution in [1.29, 1.82) is 0 Å². The zero-order chi connectivity index (χ0) is 11.4. The Morgan fingerprint density at radius 2 is 1.94 bits per heavy atom. The van der Waals surface area contributed by atoms with E-state index in [1.54, 1.807) is 0 Å². The summed E-state index contributed by atoms with van der Waals surface area (Å²) >= 11 is 0. The molecular formula is C15H22O. The fourth-order valence-electron chi connectivity index (χ4n) is 2.81. The first-order valence-corrected chi connectivity index (χ1v) is 6.51. The Hall–Kier alpha value is -0.820. The van der Waals surface area contributed by atoms with Gasteiger partial charge in [-0.15, -0.1) is 0 Å². The smallest absolute Gasteiger partial charge is 0.0792 e. The summed E-state index contributed by atoms with van der Waals surface area (Å²) in [6.45, 7) is 2.08. The molecular weight excluding hydrogens is 196 g/mol. The molecule has 0 radical (unpaired) electrons. The van der Waals surface area contributed by atoms with Crippen molar-refractivity contribution in [2.75, 3.05) is 0 Å². The Kier molecular flexibility index (Phi) is 4.00. The van der Waals surface area contributed by atoms with E-state index in [9.17, 15) is 5.11 Å². The van der Waals surface area contributed by atoms with E-state index in [4.69, 9.17) is 0 Å². The maximum Gasteiger partial charge on any atom is 0.0792 e. The summed E-state index contributed by atoms with van der Waals surface area (Å²) in [6.07, 6.45) is 7.39. The molecule has 1 aromatic rings. The Bertz CT molecular complexity index is 326. The first-order valence-electron chi connectivity index (χ1n) is 6.51. The summed E-state index contributed by atoms with van der Waals surface area (Å²) in [7, 11) is 0. The fraction of sp³-hybridized carbons (Fsp3) is 0.600. The van der Waals surface area contributed by atoms with Gasteiger partial charge in [-0.3, -0.25) is 0 Å². The second-order valence-corrected chi connectivity index (χ2v) is 5.10. The molecule has 1 aliphatic rings. The van der Waals surface area contributed by atoms with Crippen LogP contribution in [0.1, 0.15) is 55.8 Å². The van der Waals surface area contributed by atoms with Crippen LogP contribution < -0.4 is 0 Å². The summed E-state index contributed by atoms with van der Waals surface area (Å²) in [6, 6.07) is 8.17. The highest BCUT2D eigenvalue weighted by molar-refractivity contribution is 5.27. The third-order valence-corrected chi connectivity index (χ3v) is 3.87. The number of rotatable bonds is 4. The van der Waals surface area contributed by atoms with Gasteiger partial charge in [0.25, 0.3) is 0 Å². The predicted molar refractivity (Wildman–Crippen MR) is 67.3 cm³/mol. The van der Waals surface area contributed by atoms with Crippen LogP contribution in [0.2, 0.25) is 0 Å². The van der Waals surface area contributed by atoms with Crippen molar-refractivity contribution < 1.29 is 5.11 Å². The van der Waals surface area contributed by atoms with E-state index in [-0.39, 0.29) is 6.10 Å². The average Bonchev–Trinajstić information content (AvgIpc) is 2.79. The molecule has 0 amide bonds. The summed E-state index contributed by atoms with van der Waals surface area (Å²) < 4.78 is 0. The van der Waals surface area contributed by atoms with Crippen molar-refractivity contribution in [2.24, 2.45) is 5.92 Å². The van der Waals surface area contributed by atoms with Gasteiger partial charge in [-0.25, -0.2) is 0 Å². The maximum absolute atomic E-state index is 10.2. The fourth-order valence-corrected chi connectivity index (χ4v) is 2.81. The normalized spacial score (nSPS) is 18.9. The molecule has 0 spiro atoms. The number of hydrogen-bond donors (Lipinski definition) is 1. The van der Waals surface area contributed by atoms with Gasteiger partial charge in [0.2, 0.25) is 0 Å². The molecule has 1 unspecified atom stereocenters. The molecule has 0 aliphatic heterocycles. The molecule has 1 heteroatoms. The zero-order valence-electron chi connectivity index (χ0n) is 10.2. The van der Waals surface area contributed by atoms with Crippen molar-refractivity contribution >= 4 is 0 Å². The standard InChI is InChI=1S/C15H22O/c1-12-6-2-5-9-14(12)15(16)11-10-13-7-3-4-8-13/h2,5-6,9,13,15-16H,3-4,7-8,10-11H2,1H3. The molecule has 1 fully saturated rings. The van der Waals surface area contributed by atoms with E-state index in [0.29, 0.717) is 0 Å². The van der Waals surface area contributed by atoms with E-state index in [1.807, 2.05) is 12.1 Å². The van der Waals surface area contributed by atoms with Gasteiger partial charge in [0.05, 0.1) is 6.10 Å². The van der Waals surface area contributed by atoms with E-state index < -0.39 is 0 Å². The number of aliphatic hydroxyl groups excluding tert-OH is 1. The van der Waals surface area contributed by atoms with Crippen LogP contribution in [0.15, 0.2) is 24.3 Å². The lowest BCUT2D eigenvalue weighted by Crippen LogP contribution is -2.03. The first kappa shape index (κ1) is 11.7. The summed E-state index contributed by atoms with van der Waals surface area (Å²) in [5.74, 6) is 0.874. The van der Waals surface area contributed by atoms with Crippen molar-refractivity contribution in [2.45, 2.75) is 51.6 Å². The van der Waals surface area contributed by atoms with Crippen LogP contribution in [-0.4, -0.2) is 5.11 Å². The van der Waals surface area contributed by atoms with E-state index in [0.717, 1.165) is 17.9 Å². The monoisotopic (exact) mass is 218 g/mol. The zero-order valence-corrected chi connectivity index (χ0v) is 10.2. The van der Waals surface area contributed by atoms with Crippen molar-refractivity contribution in [3.63, 3.8) is 0 Å². The van der Waals surface area contributed by atoms with Crippen LogP contribution in [0.3, 0.4) is 0 Å². The van der Waals surface area contributed by atoms with E-state index >= 15 is 0 Å². The highest BCUT2D eigenvalue weighted by Gasteiger charge is 2.17. The van der Waals surface area contributed by atoms with Crippen LogP contribution in [0.5, 0.6) is 0 Å². The predicted octanol–water partition coefficient (Wildman–Crippen LogP) is 4.00. The van der Waals surface area contributed by atoms with E-state index in [2.05, 4.69) is 19.1 Å². The van der Waals surface area contributed by atoms with Crippen LogP contribution in [-0.2, 0) is 0 Å². The minimum absolute atomic E-state index is 0.262. The molecule has 0 bridgehead atoms. The lowest BCUT2D eigenvalue weighted by atomic mass is 9.94. The van der Waals surface area contributed by atoms with Gasteiger partial charge in [0, 0.05) is 0 Å². The molecule has 1 N–H and O–H groups in total. The molecule has 1 saturated carbocycles. The molecule has 0 heterocycles. The lowest BCUT2D eigenvalue weighted by Gasteiger charge is -2.15.